The van der Waals surface area contributed by atoms with Gasteiger partial charge in [-0.1, -0.05) is 53.4 Å². The van der Waals surface area contributed by atoms with Crippen molar-refractivity contribution in [2.24, 2.45) is 46.3 Å². The van der Waals surface area contributed by atoms with Crippen LogP contribution >= 0.6 is 0 Å². The summed E-state index contributed by atoms with van der Waals surface area (Å²) in [6, 6.07) is 0. The normalized spacial score (nSPS) is 45.2. The molecule has 5 aliphatic rings. The van der Waals surface area contributed by atoms with Gasteiger partial charge in [-0.2, -0.15) is 0 Å². The minimum Gasteiger partial charge on any atom is -0.392 e. The number of ketones is 1. The predicted octanol–water partition coefficient (Wildman–Crippen LogP) is 3.04. The summed E-state index contributed by atoms with van der Waals surface area (Å²) in [5.74, 6) is -2.25. The number of carbonyl (C=O) groups excluding carboxylic acids is 2. The zero-order chi connectivity index (χ0) is 35.4. The number of aldehydes is 1. The lowest BCUT2D eigenvalue weighted by Gasteiger charge is -2.63. The van der Waals surface area contributed by atoms with Crippen molar-refractivity contribution in [1.82, 2.24) is 5.32 Å². The molecule has 4 aliphatic carbocycles. The smallest absolute Gasteiger partial charge is 0.182 e. The van der Waals surface area contributed by atoms with Crippen LogP contribution in [0.5, 0.6) is 0 Å². The van der Waals surface area contributed by atoms with Crippen LogP contribution in [0.1, 0.15) is 112 Å². The molecule has 7 N–H and O–H groups in total. The molecule has 0 spiro atoms. The molecule has 48 heavy (non-hydrogen) atoms. The van der Waals surface area contributed by atoms with E-state index in [0.29, 0.717) is 37.4 Å². The summed E-state index contributed by atoms with van der Waals surface area (Å²) < 4.78 is 6.20. The minimum atomic E-state index is -1.60. The molecule has 10 nitrogen and oxygen atoms in total. The summed E-state index contributed by atoms with van der Waals surface area (Å²) >= 11 is 0. The van der Waals surface area contributed by atoms with Crippen LogP contribution in [0.4, 0.5) is 0 Å². The Morgan fingerprint density at radius 1 is 1.10 bits per heavy atom. The van der Waals surface area contributed by atoms with Crippen LogP contribution < -0.4 is 5.32 Å². The van der Waals surface area contributed by atoms with Crippen LogP contribution in [0.15, 0.2) is 11.3 Å². The van der Waals surface area contributed by atoms with E-state index in [1.54, 1.807) is 13.8 Å². The van der Waals surface area contributed by atoms with Gasteiger partial charge in [0.15, 0.2) is 5.78 Å². The van der Waals surface area contributed by atoms with Gasteiger partial charge in [0.1, 0.15) is 12.4 Å². The third-order valence-corrected chi connectivity index (χ3v) is 14.4. The summed E-state index contributed by atoms with van der Waals surface area (Å²) in [6.07, 6.45) is 3.21. The van der Waals surface area contributed by atoms with E-state index in [9.17, 15) is 40.2 Å². The van der Waals surface area contributed by atoms with Crippen molar-refractivity contribution in [3.05, 3.63) is 11.3 Å². The second-order valence-electron chi connectivity index (χ2n) is 17.0. The van der Waals surface area contributed by atoms with E-state index in [1.165, 1.54) is 19.3 Å². The average Bonchev–Trinajstić information content (AvgIpc) is 3.54. The number of hydrogen-bond acceptors (Lipinski definition) is 10. The highest BCUT2D eigenvalue weighted by Gasteiger charge is 2.72. The first-order chi connectivity index (χ1) is 22.5. The van der Waals surface area contributed by atoms with Crippen molar-refractivity contribution in [2.45, 2.75) is 154 Å². The first-order valence-corrected chi connectivity index (χ1v) is 18.8. The third-order valence-electron chi connectivity index (χ3n) is 14.4. The molecule has 3 saturated carbocycles. The number of ether oxygens (including phenoxy) is 1. The van der Waals surface area contributed by atoms with Gasteiger partial charge in [0.2, 0.25) is 0 Å². The highest BCUT2D eigenvalue weighted by Crippen LogP contribution is 2.70. The van der Waals surface area contributed by atoms with E-state index in [1.807, 2.05) is 13.8 Å². The number of nitrogens with one attached hydrogen (secondary N) is 1. The summed E-state index contributed by atoms with van der Waals surface area (Å²) in [5.41, 5.74) is -4.25. The van der Waals surface area contributed by atoms with Gasteiger partial charge in [-0.05, 0) is 87.0 Å². The lowest BCUT2D eigenvalue weighted by molar-refractivity contribution is -0.201. The van der Waals surface area contributed by atoms with Crippen molar-refractivity contribution < 1.29 is 45.0 Å². The van der Waals surface area contributed by atoms with Crippen molar-refractivity contribution in [3.63, 3.8) is 0 Å². The minimum absolute atomic E-state index is 0.0306. The number of aliphatic hydroxyl groups is 6. The Morgan fingerprint density at radius 2 is 1.81 bits per heavy atom. The van der Waals surface area contributed by atoms with Gasteiger partial charge in [-0.25, -0.2) is 0 Å². The second-order valence-corrected chi connectivity index (χ2v) is 17.0. The van der Waals surface area contributed by atoms with Crippen molar-refractivity contribution in [2.75, 3.05) is 13.2 Å². The van der Waals surface area contributed by atoms with Crippen LogP contribution in [0.3, 0.4) is 0 Å². The van der Waals surface area contributed by atoms with Gasteiger partial charge in [0, 0.05) is 30.2 Å². The van der Waals surface area contributed by atoms with Crippen LogP contribution in [-0.2, 0) is 14.3 Å². The largest absolute Gasteiger partial charge is 0.392 e. The molecule has 15 atom stereocenters. The van der Waals surface area contributed by atoms with Gasteiger partial charge < -0.3 is 45.5 Å². The Labute approximate surface area is 286 Å². The maximum Gasteiger partial charge on any atom is 0.182 e. The zero-order valence-electron chi connectivity index (χ0n) is 30.0. The molecular weight excluding hydrogens is 614 g/mol. The predicted molar refractivity (Wildman–Crippen MR) is 180 cm³/mol. The fourth-order valence-corrected chi connectivity index (χ4v) is 11.4. The lowest BCUT2D eigenvalue weighted by atomic mass is 9.42. The summed E-state index contributed by atoms with van der Waals surface area (Å²) in [6.45, 7) is 12.1. The Morgan fingerprint density at radius 3 is 2.46 bits per heavy atom. The number of rotatable bonds is 13. The van der Waals surface area contributed by atoms with E-state index in [2.05, 4.69) is 19.2 Å². The number of allylic oxidation sites excluding steroid dienone is 1. The summed E-state index contributed by atoms with van der Waals surface area (Å²) in [5, 5.41) is 72.7. The molecule has 0 aromatic heterocycles. The quantitative estimate of drug-likeness (QED) is 0.113. The Bertz CT molecular complexity index is 1220. The Kier molecular flexibility index (Phi) is 11.0. The van der Waals surface area contributed by atoms with E-state index in [-0.39, 0.29) is 43.2 Å². The monoisotopic (exact) mass is 677 g/mol. The standard InChI is InChI=1S/C38H63NO9/c1-7-8-9-10-11-23-20-48-33(22(23)3)34(45)37(6,46)28-13-16-38(47)29-24(12-15-35(28,38)4)36(5)25(14-17-40)31(43)27(42)18-26(36)32(44)30(29)39-19-21(2)41/h17,21-28,31,33-34,39,41-43,45-47H,7-16,18-20H2,1-6H3/t21-,22-,23+,24-,25-,26-,27+,28-,31-,33+,34+,35+,36-,37+,38+/m0/s1. The highest BCUT2D eigenvalue weighted by molar-refractivity contribution is 6.00. The lowest BCUT2D eigenvalue weighted by Crippen LogP contribution is -2.67. The molecule has 1 heterocycles. The molecule has 0 unspecified atom stereocenters. The maximum atomic E-state index is 14.5. The molecule has 0 bridgehead atoms. The van der Waals surface area contributed by atoms with Crippen LogP contribution in [0.25, 0.3) is 0 Å². The first-order valence-electron chi connectivity index (χ1n) is 18.8. The average molecular weight is 678 g/mol. The SMILES string of the molecule is CCCCCC[C@@H]1CO[C@@H]([C@@H](O)[C@](C)(O)[C@H]2CC[C@@]3(O)C4=C(NC[C@H](C)O)C(=O)[C@@H]5C[C@@H](O)[C@@H](O)[C@H](CC=O)[C@]5(C)[C@H]4CC[C@]23C)[C@H]1C. The zero-order valence-corrected chi connectivity index (χ0v) is 30.0. The van der Waals surface area contributed by atoms with Crippen LogP contribution in [0.2, 0.25) is 0 Å². The molecule has 10 heteroatoms. The van der Waals surface area contributed by atoms with Crippen molar-refractivity contribution in [1.29, 1.82) is 0 Å². The van der Waals surface area contributed by atoms with Gasteiger partial charge in [0.05, 0.1) is 47.9 Å². The topological polar surface area (TPSA) is 177 Å². The molecule has 1 aliphatic heterocycles. The summed E-state index contributed by atoms with van der Waals surface area (Å²) in [4.78, 5) is 26.4. The molecule has 0 aromatic carbocycles. The van der Waals surface area contributed by atoms with Gasteiger partial charge in [-0.3, -0.25) is 4.79 Å². The molecular formula is C38H63NO9. The molecule has 0 radical (unpaired) electrons. The van der Waals surface area contributed by atoms with Gasteiger partial charge >= 0.3 is 0 Å². The maximum absolute atomic E-state index is 14.5. The van der Waals surface area contributed by atoms with E-state index in [4.69, 9.17) is 4.74 Å². The van der Waals surface area contributed by atoms with E-state index < -0.39 is 76.2 Å². The fraction of sp³-hybridized carbons (Fsp3) is 0.895. The second kappa shape index (κ2) is 14.0. The molecule has 4 fully saturated rings. The number of aliphatic hydroxyl groups excluding tert-OH is 4. The molecule has 1 saturated heterocycles. The number of unbranched alkanes of at least 4 members (excludes halogenated alkanes) is 3. The molecule has 0 aromatic rings. The van der Waals surface area contributed by atoms with Gasteiger partial charge in [0.25, 0.3) is 0 Å². The van der Waals surface area contributed by atoms with E-state index >= 15 is 0 Å². The number of fused-ring (bicyclic) bond motifs is 5. The van der Waals surface area contributed by atoms with Gasteiger partial charge in [-0.15, -0.1) is 0 Å². The third kappa shape index (κ3) is 5.83. The Hall–Kier alpha value is -1.40. The first kappa shape index (κ1) is 37.8. The Balaban J connectivity index is 1.51. The fourth-order valence-electron chi connectivity index (χ4n) is 11.4. The molecule has 5 rings (SSSR count). The molecule has 0 amide bonds. The van der Waals surface area contributed by atoms with E-state index in [0.717, 1.165) is 19.1 Å². The van der Waals surface area contributed by atoms with Crippen molar-refractivity contribution in [3.8, 4) is 0 Å². The van der Waals surface area contributed by atoms with Crippen molar-refractivity contribution >= 4 is 12.1 Å². The van der Waals surface area contributed by atoms with Crippen LogP contribution in [-0.4, -0.2) is 97.6 Å². The summed E-state index contributed by atoms with van der Waals surface area (Å²) in [7, 11) is 0. The van der Waals surface area contributed by atoms with Crippen LogP contribution in [0, 0.1) is 46.3 Å². The number of carbonyl (C=O) groups is 2. The molecule has 274 valence electrons. The number of hydrogen-bond donors (Lipinski definition) is 7. The highest BCUT2D eigenvalue weighted by atomic mass is 16.5. The number of Topliss-reactive ketones (excluding diaryl/α,β-unsaturated/α-hetero) is 1.